The first-order valence-electron chi connectivity index (χ1n) is 14.4. The smallest absolute Gasteiger partial charge is 0.360 e. The van der Waals surface area contributed by atoms with Gasteiger partial charge in [-0.1, -0.05) is 36.4 Å². The van der Waals surface area contributed by atoms with Crippen molar-refractivity contribution in [1.82, 2.24) is 9.80 Å². The van der Waals surface area contributed by atoms with E-state index in [4.69, 9.17) is 18.1 Å². The second-order valence-corrected chi connectivity index (χ2v) is 18.1. The van der Waals surface area contributed by atoms with E-state index in [1.807, 2.05) is 0 Å². The maximum Gasteiger partial charge on any atom is 0.360 e. The molecule has 2 rings (SSSR count). The number of nitrogens with zero attached hydrogens (tertiary/aromatic N) is 2. The van der Waals surface area contributed by atoms with E-state index >= 15 is 0 Å². The summed E-state index contributed by atoms with van der Waals surface area (Å²) in [6.07, 6.45) is 0. The minimum Gasteiger partial charge on any atom is -0.508 e. The molecule has 0 bridgehead atoms. The molecule has 0 unspecified atom stereocenters. The summed E-state index contributed by atoms with van der Waals surface area (Å²) in [5, 5.41) is 21.0. The lowest BCUT2D eigenvalue weighted by Crippen LogP contribution is -2.44. The molecule has 0 amide bonds. The van der Waals surface area contributed by atoms with Crippen LogP contribution in [0, 0.1) is 0 Å². The molecule has 0 aliphatic carbocycles. The Hall–Kier alpha value is -1.44. The van der Waals surface area contributed by atoms with E-state index in [1.165, 1.54) is 69.0 Å². The first kappa shape index (κ1) is 40.7. The third-order valence-corrected chi connectivity index (χ3v) is 16.1. The van der Waals surface area contributed by atoms with Gasteiger partial charge in [0.2, 0.25) is 11.0 Å². The van der Waals surface area contributed by atoms with Crippen LogP contribution >= 0.6 is 30.4 Å². The second-order valence-electron chi connectivity index (χ2n) is 9.82. The van der Waals surface area contributed by atoms with Crippen LogP contribution in [0.5, 0.6) is 11.5 Å². The van der Waals surface area contributed by atoms with Gasteiger partial charge >= 0.3 is 30.4 Å². The van der Waals surface area contributed by atoms with Crippen molar-refractivity contribution in [2.24, 2.45) is 0 Å². The molecule has 0 saturated carbocycles. The third kappa shape index (κ3) is 11.1. The van der Waals surface area contributed by atoms with Gasteiger partial charge in [-0.25, -0.2) is 0 Å². The van der Waals surface area contributed by atoms with E-state index in [2.05, 4.69) is 0 Å². The minimum atomic E-state index is -5.56. The molecule has 0 aliphatic rings. The number of phenolic OH excluding ortho intramolecular Hbond substituents is 2. The number of hydrogen-bond acceptors (Lipinski definition) is 12. The fraction of sp³-hybridized carbons (Fsp3) is 0.538. The van der Waals surface area contributed by atoms with Gasteiger partial charge in [-0.3, -0.25) is 28.1 Å². The number of para-hydroxylation sites is 2. The van der Waals surface area contributed by atoms with Crippen molar-refractivity contribution < 1.29 is 66.1 Å². The Morgan fingerprint density at radius 3 is 1.15 bits per heavy atom. The van der Waals surface area contributed by atoms with Gasteiger partial charge < -0.3 is 47.9 Å². The van der Waals surface area contributed by atoms with E-state index < -0.39 is 61.1 Å². The molecule has 262 valence electrons. The lowest BCUT2D eigenvalue weighted by molar-refractivity contribution is 0.131. The molecule has 6 N–H and O–H groups in total. The molecule has 0 radical (unpaired) electrons. The molecule has 46 heavy (non-hydrogen) atoms. The topological polar surface area (TPSA) is 233 Å². The summed E-state index contributed by atoms with van der Waals surface area (Å²) in [5.74, 6) is -0.507. The van der Waals surface area contributed by atoms with Crippen LogP contribution in [0.2, 0.25) is 0 Å². The van der Waals surface area contributed by atoms with Crippen molar-refractivity contribution in [3.8, 4) is 11.5 Å². The van der Waals surface area contributed by atoms with Crippen LogP contribution in [-0.2, 0) is 49.4 Å². The third-order valence-electron chi connectivity index (χ3n) is 6.46. The largest absolute Gasteiger partial charge is 0.508 e. The minimum absolute atomic E-state index is 0.0850. The average molecular weight is 733 g/mol. The van der Waals surface area contributed by atoms with E-state index in [9.17, 15) is 48.0 Å². The van der Waals surface area contributed by atoms with Gasteiger partial charge in [-0.15, -0.1) is 0 Å². The molecule has 0 saturated heterocycles. The molecule has 0 atom stereocenters. The highest BCUT2D eigenvalue weighted by Gasteiger charge is 2.55. The Morgan fingerprint density at radius 2 is 0.870 bits per heavy atom. The van der Waals surface area contributed by atoms with Gasteiger partial charge in [0.05, 0.1) is 26.4 Å². The van der Waals surface area contributed by atoms with Gasteiger partial charge in [-0.2, -0.15) is 0 Å². The fourth-order valence-electron chi connectivity index (χ4n) is 4.79. The summed E-state index contributed by atoms with van der Waals surface area (Å²) in [6.45, 7) is 3.57. The summed E-state index contributed by atoms with van der Waals surface area (Å²) in [5.41, 5.74) is -4.14. The zero-order chi connectivity index (χ0) is 34.8. The molecule has 2 aromatic rings. The monoisotopic (exact) mass is 732 g/mol. The highest BCUT2D eigenvalue weighted by Crippen LogP contribution is 2.71. The molecular weight excluding hydrogens is 688 g/mol. The Kier molecular flexibility index (Phi) is 15.8. The number of hydrogen-bond donors (Lipinski definition) is 6. The predicted molar refractivity (Wildman–Crippen MR) is 170 cm³/mol. The van der Waals surface area contributed by atoms with Crippen LogP contribution in [0.1, 0.15) is 38.8 Å². The Labute approximate surface area is 268 Å². The van der Waals surface area contributed by atoms with Gasteiger partial charge in [0.25, 0.3) is 0 Å². The predicted octanol–water partition coefficient (Wildman–Crippen LogP) is 4.86. The van der Waals surface area contributed by atoms with Gasteiger partial charge in [0, 0.05) is 37.3 Å². The highest BCUT2D eigenvalue weighted by atomic mass is 31.2. The lowest BCUT2D eigenvalue weighted by atomic mass is 10.2. The molecule has 0 heterocycles. The number of aromatic hydroxyl groups is 2. The van der Waals surface area contributed by atoms with Crippen LogP contribution in [0.3, 0.4) is 0 Å². The maximum absolute atomic E-state index is 14.5. The number of benzene rings is 2. The first-order chi connectivity index (χ1) is 21.5. The van der Waals surface area contributed by atoms with Gasteiger partial charge in [0.1, 0.15) is 11.5 Å². The standard InChI is InChI=1S/C26H44N2O14P4/c1-5-39-45(37,40-6-2)26(46(38,41-7-3)42-8-4)28(20-22-14-10-12-16-24(22)30)18-17-27(19-21-13-9-11-15-23(21)29)25(43(31,32)33)44(34,35)36/h9-16,25-26,29-30H,5-8,17-20H2,1-4H3,(H2,31,32,33)(H2,34,35,36). The normalized spacial score (nSPS) is 13.4. The van der Waals surface area contributed by atoms with E-state index in [-0.39, 0.29) is 55.6 Å². The molecular formula is C26H44N2O14P4. The Morgan fingerprint density at radius 1 is 0.565 bits per heavy atom. The van der Waals surface area contributed by atoms with Crippen LogP contribution < -0.4 is 0 Å². The van der Waals surface area contributed by atoms with E-state index in [0.29, 0.717) is 0 Å². The maximum atomic E-state index is 14.5. The van der Waals surface area contributed by atoms with Crippen molar-refractivity contribution in [3.63, 3.8) is 0 Å². The Bertz CT molecular complexity index is 1380. The van der Waals surface area contributed by atoms with Crippen LogP contribution in [0.15, 0.2) is 48.5 Å². The van der Waals surface area contributed by atoms with Crippen molar-refractivity contribution in [2.45, 2.75) is 51.8 Å². The second kappa shape index (κ2) is 17.8. The molecule has 20 heteroatoms. The highest BCUT2D eigenvalue weighted by molar-refractivity contribution is 7.72. The summed E-state index contributed by atoms with van der Waals surface area (Å²) >= 11 is 0. The number of rotatable bonds is 21. The molecule has 0 fully saturated rings. The molecule has 16 nitrogen and oxygen atoms in total. The quantitative estimate of drug-likeness (QED) is 0.0941. The zero-order valence-corrected chi connectivity index (χ0v) is 29.6. The zero-order valence-electron chi connectivity index (χ0n) is 26.1. The van der Waals surface area contributed by atoms with E-state index in [0.717, 1.165) is 4.90 Å². The fourth-order valence-corrected chi connectivity index (χ4v) is 13.1. The van der Waals surface area contributed by atoms with Crippen molar-refractivity contribution in [2.75, 3.05) is 39.5 Å². The van der Waals surface area contributed by atoms with Gasteiger partial charge in [0.15, 0.2) is 0 Å². The number of phenols is 2. The van der Waals surface area contributed by atoms with Crippen LogP contribution in [0.25, 0.3) is 0 Å². The molecule has 2 aromatic carbocycles. The Balaban J connectivity index is 2.82. The van der Waals surface area contributed by atoms with Crippen LogP contribution in [0.4, 0.5) is 0 Å². The van der Waals surface area contributed by atoms with Crippen molar-refractivity contribution >= 4 is 30.4 Å². The molecule has 0 aliphatic heterocycles. The van der Waals surface area contributed by atoms with Crippen molar-refractivity contribution in [1.29, 1.82) is 0 Å². The van der Waals surface area contributed by atoms with Gasteiger partial charge in [-0.05, 0) is 39.8 Å². The van der Waals surface area contributed by atoms with Crippen LogP contribution in [-0.4, -0.2) is 90.2 Å². The summed E-state index contributed by atoms with van der Waals surface area (Å²) < 4.78 is 76.4. The first-order valence-corrected chi connectivity index (χ1v) is 21.0. The molecule has 0 spiro atoms. The van der Waals surface area contributed by atoms with Crippen molar-refractivity contribution in [3.05, 3.63) is 59.7 Å². The summed E-state index contributed by atoms with van der Waals surface area (Å²) in [6, 6.07) is 11.7. The molecule has 0 aromatic heterocycles. The average Bonchev–Trinajstić information content (AvgIpc) is 2.93. The SMILES string of the molecule is CCOP(=O)(OCC)C(N(CCN(Cc1ccccc1O)C(P(=O)(O)O)P(=O)(O)O)Cc1ccccc1O)P(=O)(OCC)OCC. The summed E-state index contributed by atoms with van der Waals surface area (Å²) in [4.78, 5) is 42.5. The van der Waals surface area contributed by atoms with E-state index in [1.54, 1.807) is 12.1 Å². The lowest BCUT2D eigenvalue weighted by Gasteiger charge is -2.40. The summed E-state index contributed by atoms with van der Waals surface area (Å²) in [7, 11) is -20.1.